The SMILES string of the molecule is Nc1ccc2ccccc2c1SCc1ccccc1. The maximum Gasteiger partial charge on any atom is 0.0458 e. The molecule has 0 amide bonds. The van der Waals surface area contributed by atoms with Gasteiger partial charge in [-0.25, -0.2) is 0 Å². The Bertz CT molecular complexity index is 692. The van der Waals surface area contributed by atoms with Crippen molar-refractivity contribution in [2.45, 2.75) is 10.6 Å². The maximum absolute atomic E-state index is 6.13. The Hall–Kier alpha value is -1.93. The van der Waals surface area contributed by atoms with Gasteiger partial charge in [-0.05, 0) is 22.4 Å². The topological polar surface area (TPSA) is 26.0 Å². The van der Waals surface area contributed by atoms with Gasteiger partial charge in [0, 0.05) is 16.3 Å². The predicted molar refractivity (Wildman–Crippen MR) is 84.4 cm³/mol. The molecule has 0 radical (unpaired) electrons. The number of thioether (sulfide) groups is 1. The van der Waals surface area contributed by atoms with Gasteiger partial charge in [0.05, 0.1) is 0 Å². The molecular weight excluding hydrogens is 250 g/mol. The first-order valence-corrected chi connectivity index (χ1v) is 7.27. The number of hydrogen-bond donors (Lipinski definition) is 1. The number of nitrogens with two attached hydrogens (primary N) is 1. The van der Waals surface area contributed by atoms with Crippen molar-refractivity contribution in [2.75, 3.05) is 5.73 Å². The molecule has 0 aliphatic rings. The molecule has 3 rings (SSSR count). The lowest BCUT2D eigenvalue weighted by atomic mass is 10.1. The zero-order valence-electron chi connectivity index (χ0n) is 10.5. The number of fused-ring (bicyclic) bond motifs is 1. The lowest BCUT2D eigenvalue weighted by Crippen LogP contribution is -1.90. The molecule has 0 aliphatic carbocycles. The zero-order valence-corrected chi connectivity index (χ0v) is 11.4. The quantitative estimate of drug-likeness (QED) is 0.548. The highest BCUT2D eigenvalue weighted by Gasteiger charge is 2.06. The second kappa shape index (κ2) is 5.37. The van der Waals surface area contributed by atoms with Gasteiger partial charge in [-0.2, -0.15) is 0 Å². The Labute approximate surface area is 117 Å². The summed E-state index contributed by atoms with van der Waals surface area (Å²) in [7, 11) is 0. The fourth-order valence-electron chi connectivity index (χ4n) is 2.15. The Balaban J connectivity index is 1.94. The molecule has 0 saturated carbocycles. The number of rotatable bonds is 3. The van der Waals surface area contributed by atoms with Crippen LogP contribution in [0.15, 0.2) is 71.6 Å². The Morgan fingerprint density at radius 3 is 2.37 bits per heavy atom. The van der Waals surface area contributed by atoms with Crippen LogP contribution in [-0.2, 0) is 5.75 Å². The summed E-state index contributed by atoms with van der Waals surface area (Å²) in [6, 6.07) is 22.9. The van der Waals surface area contributed by atoms with Crippen LogP contribution in [0, 0.1) is 0 Å². The number of nitrogen functional groups attached to an aromatic ring is 1. The molecule has 0 aromatic heterocycles. The molecule has 19 heavy (non-hydrogen) atoms. The summed E-state index contributed by atoms with van der Waals surface area (Å²) in [5, 5.41) is 2.48. The van der Waals surface area contributed by atoms with Gasteiger partial charge in [0.1, 0.15) is 0 Å². The third-order valence-electron chi connectivity index (χ3n) is 3.14. The predicted octanol–water partition coefficient (Wildman–Crippen LogP) is 4.71. The van der Waals surface area contributed by atoms with Crippen LogP contribution in [0.1, 0.15) is 5.56 Å². The second-order valence-corrected chi connectivity index (χ2v) is 5.46. The summed E-state index contributed by atoms with van der Waals surface area (Å²) in [6.07, 6.45) is 0. The molecule has 1 nitrogen and oxygen atoms in total. The van der Waals surface area contributed by atoms with Crippen LogP contribution in [0.3, 0.4) is 0 Å². The molecule has 2 heteroatoms. The molecule has 0 heterocycles. The van der Waals surface area contributed by atoms with E-state index in [0.717, 1.165) is 11.4 Å². The summed E-state index contributed by atoms with van der Waals surface area (Å²) in [6.45, 7) is 0. The van der Waals surface area contributed by atoms with Crippen molar-refractivity contribution in [3.05, 3.63) is 72.3 Å². The molecule has 0 bridgehead atoms. The largest absolute Gasteiger partial charge is 0.398 e. The fourth-order valence-corrected chi connectivity index (χ4v) is 3.23. The van der Waals surface area contributed by atoms with E-state index in [-0.39, 0.29) is 0 Å². The van der Waals surface area contributed by atoms with Gasteiger partial charge >= 0.3 is 0 Å². The molecule has 3 aromatic carbocycles. The monoisotopic (exact) mass is 265 g/mol. The Morgan fingerprint density at radius 1 is 0.789 bits per heavy atom. The van der Waals surface area contributed by atoms with Crippen molar-refractivity contribution in [3.8, 4) is 0 Å². The average Bonchev–Trinajstić information content (AvgIpc) is 2.47. The van der Waals surface area contributed by atoms with Crippen LogP contribution in [0.2, 0.25) is 0 Å². The smallest absolute Gasteiger partial charge is 0.0458 e. The highest BCUT2D eigenvalue weighted by molar-refractivity contribution is 7.99. The van der Waals surface area contributed by atoms with E-state index in [1.54, 1.807) is 11.8 Å². The van der Waals surface area contributed by atoms with Crippen LogP contribution in [-0.4, -0.2) is 0 Å². The van der Waals surface area contributed by atoms with Crippen molar-refractivity contribution in [3.63, 3.8) is 0 Å². The standard InChI is InChI=1S/C17H15NS/c18-16-11-10-14-8-4-5-9-15(14)17(16)19-12-13-6-2-1-3-7-13/h1-11H,12,18H2. The molecule has 0 fully saturated rings. The van der Waals surface area contributed by atoms with Crippen molar-refractivity contribution in [1.82, 2.24) is 0 Å². The van der Waals surface area contributed by atoms with E-state index in [1.165, 1.54) is 21.2 Å². The summed E-state index contributed by atoms with van der Waals surface area (Å²) in [5.74, 6) is 0.943. The van der Waals surface area contributed by atoms with E-state index in [9.17, 15) is 0 Å². The molecule has 0 unspecified atom stereocenters. The summed E-state index contributed by atoms with van der Waals surface area (Å²) in [4.78, 5) is 1.18. The van der Waals surface area contributed by atoms with Crippen LogP contribution in [0.4, 0.5) is 5.69 Å². The minimum absolute atomic E-state index is 0.861. The van der Waals surface area contributed by atoms with Gasteiger partial charge in [-0.15, -0.1) is 11.8 Å². The molecule has 0 atom stereocenters. The lowest BCUT2D eigenvalue weighted by molar-refractivity contribution is 1.40. The molecule has 0 saturated heterocycles. The van der Waals surface area contributed by atoms with Gasteiger partial charge in [0.25, 0.3) is 0 Å². The zero-order chi connectivity index (χ0) is 13.1. The molecule has 94 valence electrons. The number of benzene rings is 3. The normalized spacial score (nSPS) is 10.7. The van der Waals surface area contributed by atoms with Crippen molar-refractivity contribution < 1.29 is 0 Å². The van der Waals surface area contributed by atoms with E-state index < -0.39 is 0 Å². The van der Waals surface area contributed by atoms with Gasteiger partial charge in [0.15, 0.2) is 0 Å². The summed E-state index contributed by atoms with van der Waals surface area (Å²) < 4.78 is 0. The lowest BCUT2D eigenvalue weighted by Gasteiger charge is -2.09. The highest BCUT2D eigenvalue weighted by atomic mass is 32.2. The minimum Gasteiger partial charge on any atom is -0.398 e. The van der Waals surface area contributed by atoms with Gasteiger partial charge < -0.3 is 5.73 Å². The summed E-state index contributed by atoms with van der Waals surface area (Å²) >= 11 is 1.80. The maximum atomic E-state index is 6.13. The van der Waals surface area contributed by atoms with E-state index in [2.05, 4.69) is 54.6 Å². The first kappa shape index (κ1) is 12.1. The molecule has 0 aliphatic heterocycles. The minimum atomic E-state index is 0.861. The molecule has 2 N–H and O–H groups in total. The fraction of sp³-hybridized carbons (Fsp3) is 0.0588. The van der Waals surface area contributed by atoms with Crippen LogP contribution < -0.4 is 5.73 Å². The van der Waals surface area contributed by atoms with E-state index >= 15 is 0 Å². The van der Waals surface area contributed by atoms with Crippen molar-refractivity contribution in [2.24, 2.45) is 0 Å². The van der Waals surface area contributed by atoms with E-state index in [1.807, 2.05) is 12.1 Å². The first-order chi connectivity index (χ1) is 9.34. The van der Waals surface area contributed by atoms with E-state index in [0.29, 0.717) is 0 Å². The average molecular weight is 265 g/mol. The summed E-state index contributed by atoms with van der Waals surface area (Å²) in [5.41, 5.74) is 8.31. The third kappa shape index (κ3) is 2.59. The Morgan fingerprint density at radius 2 is 1.53 bits per heavy atom. The van der Waals surface area contributed by atoms with Crippen LogP contribution in [0.25, 0.3) is 10.8 Å². The first-order valence-electron chi connectivity index (χ1n) is 6.28. The Kier molecular flexibility index (Phi) is 3.43. The van der Waals surface area contributed by atoms with Gasteiger partial charge in [-0.3, -0.25) is 0 Å². The molecule has 3 aromatic rings. The van der Waals surface area contributed by atoms with Crippen LogP contribution in [0.5, 0.6) is 0 Å². The number of anilines is 1. The van der Waals surface area contributed by atoms with E-state index in [4.69, 9.17) is 5.73 Å². The third-order valence-corrected chi connectivity index (χ3v) is 4.36. The van der Waals surface area contributed by atoms with Crippen LogP contribution >= 0.6 is 11.8 Å². The van der Waals surface area contributed by atoms with Crippen molar-refractivity contribution >= 4 is 28.2 Å². The van der Waals surface area contributed by atoms with Crippen molar-refractivity contribution in [1.29, 1.82) is 0 Å². The second-order valence-electron chi connectivity index (χ2n) is 4.48. The molecular formula is C17H15NS. The van der Waals surface area contributed by atoms with Gasteiger partial charge in [-0.1, -0.05) is 60.7 Å². The van der Waals surface area contributed by atoms with Gasteiger partial charge in [0.2, 0.25) is 0 Å². The molecule has 0 spiro atoms. The highest BCUT2D eigenvalue weighted by Crippen LogP contribution is 2.34. The number of hydrogen-bond acceptors (Lipinski definition) is 2.